The van der Waals surface area contributed by atoms with Crippen LogP contribution in [0.15, 0.2) is 54.7 Å². The molecule has 2 heterocycles. The summed E-state index contributed by atoms with van der Waals surface area (Å²) in [6.45, 7) is 4.19. The molecule has 0 radical (unpaired) electrons. The van der Waals surface area contributed by atoms with Gasteiger partial charge in [0.15, 0.2) is 10.9 Å². The van der Waals surface area contributed by atoms with Crippen molar-refractivity contribution in [1.82, 2.24) is 19.6 Å². The highest BCUT2D eigenvalue weighted by Crippen LogP contribution is 2.30. The first-order valence-electron chi connectivity index (χ1n) is 10.8. The highest BCUT2D eigenvalue weighted by atomic mass is 35.5. The van der Waals surface area contributed by atoms with E-state index in [0.717, 1.165) is 23.4 Å². The number of thiocarbonyl (C=S) groups is 1. The molecule has 4 aromatic rings. The van der Waals surface area contributed by atoms with Crippen molar-refractivity contribution >= 4 is 52.0 Å². The Morgan fingerprint density at radius 2 is 1.67 bits per heavy atom. The van der Waals surface area contributed by atoms with Crippen LogP contribution in [0, 0.1) is 13.8 Å². The Morgan fingerprint density at radius 3 is 2.36 bits per heavy atom. The molecule has 0 fully saturated rings. The summed E-state index contributed by atoms with van der Waals surface area (Å²) in [6.07, 6.45) is -2.63. The minimum absolute atomic E-state index is 0.188. The Balaban J connectivity index is 1.42. The topological polar surface area (TPSA) is 59.7 Å². The highest BCUT2D eigenvalue weighted by molar-refractivity contribution is 7.80. The molecule has 0 saturated carbocycles. The number of rotatable bonds is 6. The van der Waals surface area contributed by atoms with E-state index in [0.29, 0.717) is 44.5 Å². The molecule has 6 nitrogen and oxygen atoms in total. The Labute approximate surface area is 221 Å². The van der Waals surface area contributed by atoms with Crippen LogP contribution in [-0.2, 0) is 19.3 Å². The number of nitrogens with zero attached hydrogens (tertiary/aromatic N) is 4. The Bertz CT molecular complexity index is 1390. The largest absolute Gasteiger partial charge is 0.416 e. The van der Waals surface area contributed by atoms with Crippen LogP contribution in [0.25, 0.3) is 0 Å². The standard InChI is InChI=1S/C24H21Cl2F3N6S/c1-14-22(15(2)35(32-14)12-16-5-3-6-17(11-16)24(27,28)29)31-23(36)30-21-9-10-34(33-21)13-18-19(25)7-4-8-20(18)26/h3-11H,12-13H2,1-2H3,(H2,30,31,33,36). The van der Waals surface area contributed by atoms with Gasteiger partial charge >= 0.3 is 6.18 Å². The van der Waals surface area contributed by atoms with E-state index in [1.54, 1.807) is 52.8 Å². The lowest BCUT2D eigenvalue weighted by Crippen LogP contribution is -2.20. The van der Waals surface area contributed by atoms with Crippen LogP contribution >= 0.6 is 35.4 Å². The SMILES string of the molecule is Cc1nn(Cc2cccc(C(F)(F)F)c2)c(C)c1NC(=S)Nc1ccn(Cc2c(Cl)cccc2Cl)n1. The van der Waals surface area contributed by atoms with Crippen molar-refractivity contribution in [2.75, 3.05) is 10.6 Å². The second kappa shape index (κ2) is 10.5. The van der Waals surface area contributed by atoms with Gasteiger partial charge in [0.25, 0.3) is 0 Å². The Kier molecular flexibility index (Phi) is 7.58. The maximum Gasteiger partial charge on any atom is 0.416 e. The van der Waals surface area contributed by atoms with Gasteiger partial charge < -0.3 is 10.6 Å². The molecule has 0 aliphatic heterocycles. The number of hydrogen-bond acceptors (Lipinski definition) is 3. The fourth-order valence-electron chi connectivity index (χ4n) is 3.67. The van der Waals surface area contributed by atoms with Crippen molar-refractivity contribution < 1.29 is 13.2 Å². The molecule has 0 atom stereocenters. The second-order valence-corrected chi connectivity index (χ2v) is 9.30. The molecule has 0 aliphatic carbocycles. The number of aryl methyl sites for hydroxylation is 1. The molecule has 0 saturated heterocycles. The van der Waals surface area contributed by atoms with Crippen molar-refractivity contribution in [1.29, 1.82) is 0 Å². The quantitative estimate of drug-likeness (QED) is 0.254. The van der Waals surface area contributed by atoms with Crippen LogP contribution in [0.5, 0.6) is 0 Å². The van der Waals surface area contributed by atoms with E-state index in [-0.39, 0.29) is 6.54 Å². The summed E-state index contributed by atoms with van der Waals surface area (Å²) in [6, 6.07) is 12.3. The zero-order chi connectivity index (χ0) is 26.0. The van der Waals surface area contributed by atoms with Gasteiger partial charge in [-0.15, -0.1) is 0 Å². The number of halogens is 5. The summed E-state index contributed by atoms with van der Waals surface area (Å²) >= 11 is 17.9. The Morgan fingerprint density at radius 1 is 0.972 bits per heavy atom. The van der Waals surface area contributed by atoms with Gasteiger partial charge in [0.05, 0.1) is 35.7 Å². The van der Waals surface area contributed by atoms with Crippen LogP contribution in [-0.4, -0.2) is 24.7 Å². The molecule has 188 valence electrons. The second-order valence-electron chi connectivity index (χ2n) is 8.08. The van der Waals surface area contributed by atoms with E-state index < -0.39 is 11.7 Å². The average Bonchev–Trinajstić information content (AvgIpc) is 3.35. The third kappa shape index (κ3) is 6.00. The van der Waals surface area contributed by atoms with Crippen molar-refractivity contribution in [2.45, 2.75) is 33.1 Å². The predicted octanol–water partition coefficient (Wildman–Crippen LogP) is 6.93. The van der Waals surface area contributed by atoms with Gasteiger partial charge in [-0.05, 0) is 55.9 Å². The molecule has 36 heavy (non-hydrogen) atoms. The molecule has 2 N–H and O–H groups in total. The van der Waals surface area contributed by atoms with Crippen LogP contribution in [0.3, 0.4) is 0 Å². The fourth-order valence-corrected chi connectivity index (χ4v) is 4.40. The van der Waals surface area contributed by atoms with Gasteiger partial charge in [-0.3, -0.25) is 9.36 Å². The van der Waals surface area contributed by atoms with Crippen molar-refractivity contribution in [3.63, 3.8) is 0 Å². The number of hydrogen-bond donors (Lipinski definition) is 2. The van der Waals surface area contributed by atoms with E-state index in [2.05, 4.69) is 20.8 Å². The molecule has 12 heteroatoms. The molecule has 0 aliphatic rings. The van der Waals surface area contributed by atoms with Crippen LogP contribution < -0.4 is 10.6 Å². The van der Waals surface area contributed by atoms with Gasteiger partial charge in [0.2, 0.25) is 0 Å². The van der Waals surface area contributed by atoms with E-state index in [4.69, 9.17) is 35.4 Å². The summed E-state index contributed by atoms with van der Waals surface area (Å²) in [5.74, 6) is 0.516. The van der Waals surface area contributed by atoms with Gasteiger partial charge in [-0.2, -0.15) is 23.4 Å². The first-order chi connectivity index (χ1) is 17.0. The summed E-state index contributed by atoms with van der Waals surface area (Å²) in [7, 11) is 0. The maximum atomic E-state index is 13.1. The molecule has 0 amide bonds. The normalized spacial score (nSPS) is 11.5. The zero-order valence-corrected chi connectivity index (χ0v) is 21.5. The highest BCUT2D eigenvalue weighted by Gasteiger charge is 2.30. The van der Waals surface area contributed by atoms with Gasteiger partial charge in [0, 0.05) is 27.9 Å². The Hall–Kier alpha value is -3.08. The minimum Gasteiger partial charge on any atom is -0.329 e. The van der Waals surface area contributed by atoms with Crippen LogP contribution in [0.2, 0.25) is 10.0 Å². The molecule has 0 bridgehead atoms. The van der Waals surface area contributed by atoms with E-state index in [1.807, 2.05) is 6.92 Å². The molecule has 2 aromatic carbocycles. The van der Waals surface area contributed by atoms with Crippen LogP contribution in [0.4, 0.5) is 24.7 Å². The number of benzene rings is 2. The summed E-state index contributed by atoms with van der Waals surface area (Å²) in [4.78, 5) is 0. The smallest absolute Gasteiger partial charge is 0.329 e. The molecule has 0 unspecified atom stereocenters. The molecular weight excluding hydrogens is 532 g/mol. The number of nitrogens with one attached hydrogen (secondary N) is 2. The number of anilines is 2. The lowest BCUT2D eigenvalue weighted by Gasteiger charge is -2.11. The van der Waals surface area contributed by atoms with Crippen molar-refractivity contribution in [3.05, 3.63) is 92.9 Å². The third-order valence-corrected chi connectivity index (χ3v) is 6.38. The maximum absolute atomic E-state index is 13.1. The van der Waals surface area contributed by atoms with E-state index >= 15 is 0 Å². The lowest BCUT2D eigenvalue weighted by atomic mass is 10.1. The first-order valence-corrected chi connectivity index (χ1v) is 11.9. The van der Waals surface area contributed by atoms with Crippen molar-refractivity contribution in [3.8, 4) is 0 Å². The molecular formula is C24H21Cl2F3N6S. The van der Waals surface area contributed by atoms with Gasteiger partial charge in [0.1, 0.15) is 0 Å². The lowest BCUT2D eigenvalue weighted by molar-refractivity contribution is -0.137. The van der Waals surface area contributed by atoms with Gasteiger partial charge in [-0.1, -0.05) is 41.4 Å². The summed E-state index contributed by atoms with van der Waals surface area (Å²) < 4.78 is 42.5. The average molecular weight is 553 g/mol. The molecule has 4 rings (SSSR count). The monoisotopic (exact) mass is 552 g/mol. The summed E-state index contributed by atoms with van der Waals surface area (Å²) in [5, 5.41) is 16.5. The zero-order valence-electron chi connectivity index (χ0n) is 19.2. The molecule has 0 spiro atoms. The number of alkyl halides is 3. The third-order valence-electron chi connectivity index (χ3n) is 5.47. The summed E-state index contributed by atoms with van der Waals surface area (Å²) in [5.41, 5.74) is 2.61. The molecule has 2 aromatic heterocycles. The first kappa shape index (κ1) is 26.0. The van der Waals surface area contributed by atoms with E-state index in [1.165, 1.54) is 6.07 Å². The fraction of sp³-hybridized carbons (Fsp3) is 0.208. The number of aromatic nitrogens is 4. The van der Waals surface area contributed by atoms with Crippen molar-refractivity contribution in [2.24, 2.45) is 0 Å². The van der Waals surface area contributed by atoms with E-state index in [9.17, 15) is 13.2 Å². The van der Waals surface area contributed by atoms with Crippen LogP contribution in [0.1, 0.15) is 28.1 Å². The predicted molar refractivity (Wildman–Crippen MR) is 140 cm³/mol. The minimum atomic E-state index is -4.40. The van der Waals surface area contributed by atoms with Gasteiger partial charge in [-0.25, -0.2) is 0 Å².